The number of carbonyl (C=O) groups is 2. The number of ketones is 1. The molecule has 2 heterocycles. The van der Waals surface area contributed by atoms with Crippen molar-refractivity contribution in [3.63, 3.8) is 0 Å². The number of Topliss-reactive ketones (excluding diaryl/α,β-unsaturated/α-hetero) is 1. The van der Waals surface area contributed by atoms with Gasteiger partial charge in [0.1, 0.15) is 5.75 Å². The SMILES string of the molecule is CCCC(=O)c1ccc2c(c1)N(CCN1CCOCC1)C(=O)C(C(C)C)O2. The Morgan fingerprint density at radius 1 is 1.22 bits per heavy atom. The fraction of sp³-hybridized carbons (Fsp3) is 0.619. The van der Waals surface area contributed by atoms with E-state index in [1.807, 2.05) is 43.9 Å². The van der Waals surface area contributed by atoms with E-state index in [9.17, 15) is 9.59 Å². The Morgan fingerprint density at radius 2 is 1.96 bits per heavy atom. The number of nitrogens with zero attached hydrogens (tertiary/aromatic N) is 2. The van der Waals surface area contributed by atoms with Crippen molar-refractivity contribution >= 4 is 17.4 Å². The van der Waals surface area contributed by atoms with Gasteiger partial charge in [0.15, 0.2) is 11.9 Å². The van der Waals surface area contributed by atoms with Crippen LogP contribution < -0.4 is 9.64 Å². The van der Waals surface area contributed by atoms with Crippen LogP contribution in [0.25, 0.3) is 0 Å². The zero-order chi connectivity index (χ0) is 19.4. The first-order chi connectivity index (χ1) is 13.0. The van der Waals surface area contributed by atoms with Crippen LogP contribution in [0, 0.1) is 5.92 Å². The molecule has 1 atom stereocenters. The van der Waals surface area contributed by atoms with Crippen molar-refractivity contribution in [2.45, 2.75) is 39.7 Å². The zero-order valence-corrected chi connectivity index (χ0v) is 16.6. The molecule has 0 bridgehead atoms. The average Bonchev–Trinajstić information content (AvgIpc) is 2.67. The summed E-state index contributed by atoms with van der Waals surface area (Å²) in [5.74, 6) is 0.846. The van der Waals surface area contributed by atoms with Crippen molar-refractivity contribution < 1.29 is 19.1 Å². The highest BCUT2D eigenvalue weighted by Crippen LogP contribution is 2.36. The van der Waals surface area contributed by atoms with Crippen LogP contribution in [-0.2, 0) is 9.53 Å². The molecule has 2 aliphatic rings. The van der Waals surface area contributed by atoms with Crippen molar-refractivity contribution in [1.29, 1.82) is 0 Å². The minimum Gasteiger partial charge on any atom is -0.478 e. The van der Waals surface area contributed by atoms with Gasteiger partial charge in [0.25, 0.3) is 5.91 Å². The summed E-state index contributed by atoms with van der Waals surface area (Å²) in [5, 5.41) is 0. The number of hydrogen-bond donors (Lipinski definition) is 0. The minimum atomic E-state index is -0.487. The smallest absolute Gasteiger partial charge is 0.268 e. The lowest BCUT2D eigenvalue weighted by Gasteiger charge is -2.37. The molecule has 0 N–H and O–H groups in total. The number of ether oxygens (including phenoxy) is 2. The second kappa shape index (κ2) is 8.85. The van der Waals surface area contributed by atoms with Crippen molar-refractivity contribution in [3.8, 4) is 5.75 Å². The maximum atomic E-state index is 13.1. The first-order valence-corrected chi connectivity index (χ1v) is 9.96. The summed E-state index contributed by atoms with van der Waals surface area (Å²) in [4.78, 5) is 29.5. The zero-order valence-electron chi connectivity index (χ0n) is 16.6. The summed E-state index contributed by atoms with van der Waals surface area (Å²) in [6.45, 7) is 10.6. The van der Waals surface area contributed by atoms with Crippen LogP contribution >= 0.6 is 0 Å². The molecule has 6 nitrogen and oxygen atoms in total. The standard InChI is InChI=1S/C21H30N2O4/c1-4-5-18(24)16-6-7-19-17(14-16)23(21(25)20(27-19)15(2)3)9-8-22-10-12-26-13-11-22/h6-7,14-15,20H,4-5,8-13H2,1-3H3. The predicted octanol–water partition coefficient (Wildman–Crippen LogP) is 2.75. The lowest BCUT2D eigenvalue weighted by atomic mass is 10.0. The van der Waals surface area contributed by atoms with Crippen LogP contribution in [0.1, 0.15) is 44.0 Å². The van der Waals surface area contributed by atoms with Crippen LogP contribution in [0.4, 0.5) is 5.69 Å². The van der Waals surface area contributed by atoms with E-state index in [1.165, 1.54) is 0 Å². The molecular weight excluding hydrogens is 344 g/mol. The molecule has 1 amide bonds. The molecule has 0 radical (unpaired) electrons. The largest absolute Gasteiger partial charge is 0.478 e. The van der Waals surface area contributed by atoms with Gasteiger partial charge in [-0.05, 0) is 30.5 Å². The normalized spacial score (nSPS) is 20.5. The molecule has 1 aromatic carbocycles. The molecular formula is C21H30N2O4. The third-order valence-corrected chi connectivity index (χ3v) is 5.16. The summed E-state index contributed by atoms with van der Waals surface area (Å²) in [6.07, 6.45) is 0.830. The van der Waals surface area contributed by atoms with Gasteiger partial charge in [-0.15, -0.1) is 0 Å². The van der Waals surface area contributed by atoms with Crippen molar-refractivity contribution in [2.24, 2.45) is 5.92 Å². The van der Waals surface area contributed by atoms with Crippen LogP contribution in [-0.4, -0.2) is 62.1 Å². The number of anilines is 1. The van der Waals surface area contributed by atoms with Crippen molar-refractivity contribution in [3.05, 3.63) is 23.8 Å². The molecule has 2 aliphatic heterocycles. The molecule has 6 heteroatoms. The highest BCUT2D eigenvalue weighted by molar-refractivity contribution is 6.03. The molecule has 1 saturated heterocycles. The first-order valence-electron chi connectivity index (χ1n) is 9.96. The van der Waals surface area contributed by atoms with Crippen LogP contribution in [0.15, 0.2) is 18.2 Å². The molecule has 3 rings (SSSR count). The van der Waals surface area contributed by atoms with Crippen molar-refractivity contribution in [2.75, 3.05) is 44.3 Å². The number of amides is 1. The van der Waals surface area contributed by atoms with Gasteiger partial charge in [0.05, 0.1) is 18.9 Å². The summed E-state index contributed by atoms with van der Waals surface area (Å²) in [7, 11) is 0. The van der Waals surface area contributed by atoms with Gasteiger partial charge >= 0.3 is 0 Å². The van der Waals surface area contributed by atoms with Gasteiger partial charge in [-0.2, -0.15) is 0 Å². The summed E-state index contributed by atoms with van der Waals surface area (Å²) in [5.41, 5.74) is 1.36. The maximum Gasteiger partial charge on any atom is 0.268 e. The quantitative estimate of drug-likeness (QED) is 0.687. The molecule has 1 unspecified atom stereocenters. The maximum absolute atomic E-state index is 13.1. The molecule has 0 saturated carbocycles. The number of carbonyl (C=O) groups excluding carboxylic acids is 2. The van der Waals surface area contributed by atoms with E-state index in [-0.39, 0.29) is 17.6 Å². The molecule has 0 aromatic heterocycles. The van der Waals surface area contributed by atoms with Crippen LogP contribution in [0.2, 0.25) is 0 Å². The van der Waals surface area contributed by atoms with E-state index < -0.39 is 6.10 Å². The Morgan fingerprint density at radius 3 is 2.63 bits per heavy atom. The lowest BCUT2D eigenvalue weighted by molar-refractivity contribution is -0.128. The monoisotopic (exact) mass is 374 g/mol. The number of benzene rings is 1. The Balaban J connectivity index is 1.85. The highest BCUT2D eigenvalue weighted by Gasteiger charge is 2.36. The number of hydrogen-bond acceptors (Lipinski definition) is 5. The van der Waals surface area contributed by atoms with E-state index >= 15 is 0 Å². The van der Waals surface area contributed by atoms with Gasteiger partial charge in [-0.25, -0.2) is 0 Å². The van der Waals surface area contributed by atoms with Gasteiger partial charge in [-0.1, -0.05) is 20.8 Å². The Hall–Kier alpha value is -1.92. The molecule has 0 spiro atoms. The van der Waals surface area contributed by atoms with Gasteiger partial charge in [0, 0.05) is 38.2 Å². The fourth-order valence-corrected chi connectivity index (χ4v) is 3.55. The lowest BCUT2D eigenvalue weighted by Crippen LogP contribution is -2.51. The second-order valence-electron chi connectivity index (χ2n) is 7.58. The predicted molar refractivity (Wildman–Crippen MR) is 105 cm³/mol. The van der Waals surface area contributed by atoms with E-state index in [4.69, 9.17) is 9.47 Å². The van der Waals surface area contributed by atoms with E-state index in [0.717, 1.165) is 39.3 Å². The Kier molecular flexibility index (Phi) is 6.50. The van der Waals surface area contributed by atoms with Crippen molar-refractivity contribution in [1.82, 2.24) is 4.90 Å². The molecule has 27 heavy (non-hydrogen) atoms. The van der Waals surface area contributed by atoms with Gasteiger partial charge in [0.2, 0.25) is 0 Å². The Labute approximate surface area is 161 Å². The summed E-state index contributed by atoms with van der Waals surface area (Å²) >= 11 is 0. The summed E-state index contributed by atoms with van der Waals surface area (Å²) < 4.78 is 11.4. The Bertz CT molecular complexity index is 683. The molecule has 0 aliphatic carbocycles. The number of fused-ring (bicyclic) bond motifs is 1. The summed E-state index contributed by atoms with van der Waals surface area (Å²) in [6, 6.07) is 5.47. The minimum absolute atomic E-state index is 0.0224. The third kappa shape index (κ3) is 4.50. The highest BCUT2D eigenvalue weighted by atomic mass is 16.5. The van der Waals surface area contributed by atoms with E-state index in [1.54, 1.807) is 0 Å². The van der Waals surface area contributed by atoms with Gasteiger partial charge < -0.3 is 14.4 Å². The molecule has 1 aromatic rings. The average molecular weight is 374 g/mol. The molecule has 1 fully saturated rings. The number of rotatable bonds is 7. The third-order valence-electron chi connectivity index (χ3n) is 5.16. The first kappa shape index (κ1) is 19.8. The van der Waals surface area contributed by atoms with E-state index in [2.05, 4.69) is 4.90 Å². The molecule has 148 valence electrons. The topological polar surface area (TPSA) is 59.1 Å². The van der Waals surface area contributed by atoms with Gasteiger partial charge in [-0.3, -0.25) is 14.5 Å². The fourth-order valence-electron chi connectivity index (χ4n) is 3.55. The second-order valence-corrected chi connectivity index (χ2v) is 7.58. The van der Waals surface area contributed by atoms with Crippen LogP contribution in [0.5, 0.6) is 5.75 Å². The van der Waals surface area contributed by atoms with E-state index in [0.29, 0.717) is 30.0 Å². The number of morpholine rings is 1. The van der Waals surface area contributed by atoms with Crippen LogP contribution in [0.3, 0.4) is 0 Å².